The highest BCUT2D eigenvalue weighted by Crippen LogP contribution is 2.47. The van der Waals surface area contributed by atoms with E-state index < -0.39 is 50.1 Å². The lowest BCUT2D eigenvalue weighted by Crippen LogP contribution is -2.36. The number of carbonyl (C=O) groups is 2. The molecule has 3 N–H and O–H groups in total. The quantitative estimate of drug-likeness (QED) is 0.146. The zero-order valence-electron chi connectivity index (χ0n) is 26.7. The molecule has 1 unspecified atom stereocenters. The van der Waals surface area contributed by atoms with Crippen LogP contribution in [-0.2, 0) is 39.3 Å². The van der Waals surface area contributed by atoms with Gasteiger partial charge in [-0.2, -0.15) is 15.1 Å². The van der Waals surface area contributed by atoms with Crippen LogP contribution in [0.3, 0.4) is 0 Å². The fourth-order valence-electron chi connectivity index (χ4n) is 4.84. The van der Waals surface area contributed by atoms with Crippen LogP contribution >= 0.6 is 7.75 Å². The lowest BCUT2D eigenvalue weighted by molar-refractivity contribution is -0.149. The first-order valence-corrected chi connectivity index (χ1v) is 16.2. The first-order valence-electron chi connectivity index (χ1n) is 14.7. The van der Waals surface area contributed by atoms with Gasteiger partial charge in [0.25, 0.3) is 0 Å². The number of para-hydroxylation sites is 1. The number of nitrogens with two attached hydrogens (primary N) is 1. The fraction of sp³-hybridized carbons (Fsp3) is 0.500. The molecule has 3 aromatic rings. The Morgan fingerprint density at radius 3 is 2.67 bits per heavy atom. The summed E-state index contributed by atoms with van der Waals surface area (Å²) in [4.78, 5) is 39.3. The normalized spacial score (nSPS) is 19.7. The van der Waals surface area contributed by atoms with Crippen LogP contribution < -0.4 is 20.2 Å². The fourth-order valence-corrected chi connectivity index (χ4v) is 6.40. The molecule has 2 aromatic heterocycles. The third-order valence-corrected chi connectivity index (χ3v) is 8.66. The highest BCUT2D eigenvalue weighted by atomic mass is 31.2. The van der Waals surface area contributed by atoms with Gasteiger partial charge in [0.05, 0.1) is 38.2 Å². The number of ether oxygens (including phenoxy) is 3. The number of fused-ring (bicyclic) bond motifs is 1. The van der Waals surface area contributed by atoms with Gasteiger partial charge >= 0.3 is 19.7 Å². The number of aryl methyl sites for hydroxylation is 1. The molecule has 1 aromatic carbocycles. The van der Waals surface area contributed by atoms with Crippen molar-refractivity contribution in [3.05, 3.63) is 36.2 Å². The summed E-state index contributed by atoms with van der Waals surface area (Å²) in [5, 5.41) is 2.68. The molecule has 1 aliphatic heterocycles. The molecule has 5 atom stereocenters. The number of benzene rings is 1. The molecular weight excluding hydrogens is 617 g/mol. The number of terminal acetylenes is 1. The van der Waals surface area contributed by atoms with E-state index >= 15 is 0 Å². The smallest absolute Gasteiger partial charge is 0.459 e. The number of nitrogens with one attached hydrogen (secondary N) is 1. The van der Waals surface area contributed by atoms with Gasteiger partial charge in [0, 0.05) is 20.5 Å². The van der Waals surface area contributed by atoms with Crippen molar-refractivity contribution < 1.29 is 37.4 Å². The Hall–Kier alpha value is -4.22. The zero-order valence-corrected chi connectivity index (χ0v) is 27.6. The van der Waals surface area contributed by atoms with E-state index in [4.69, 9.17) is 35.4 Å². The summed E-state index contributed by atoms with van der Waals surface area (Å²) in [5.41, 5.74) is 7.54. The van der Waals surface area contributed by atoms with E-state index in [1.165, 1.54) is 14.0 Å². The molecule has 4 rings (SSSR count). The second-order valence-corrected chi connectivity index (χ2v) is 12.9. The molecule has 1 aliphatic rings. The third-order valence-electron chi connectivity index (χ3n) is 7.03. The summed E-state index contributed by atoms with van der Waals surface area (Å²) >= 11 is 0. The molecule has 16 heteroatoms. The summed E-state index contributed by atoms with van der Waals surface area (Å²) in [7, 11) is 0.677. The lowest BCUT2D eigenvalue weighted by atomic mass is 10.0. The van der Waals surface area contributed by atoms with Gasteiger partial charge in [-0.05, 0) is 45.2 Å². The van der Waals surface area contributed by atoms with Crippen molar-refractivity contribution in [1.29, 1.82) is 0 Å². The number of nitrogens with zero attached hydrogens (tertiary/aromatic N) is 5. The lowest BCUT2D eigenvalue weighted by Gasteiger charge is -2.25. The van der Waals surface area contributed by atoms with Crippen molar-refractivity contribution in [2.75, 3.05) is 38.4 Å². The Balaban J connectivity index is 1.56. The Labute approximate surface area is 267 Å². The van der Waals surface area contributed by atoms with Crippen molar-refractivity contribution in [2.45, 2.75) is 64.5 Å². The second-order valence-electron chi connectivity index (χ2n) is 11.2. The molecule has 1 fully saturated rings. The average molecular weight is 658 g/mol. The second kappa shape index (κ2) is 14.9. The number of anilines is 2. The van der Waals surface area contributed by atoms with Gasteiger partial charge in [-0.1, -0.05) is 24.1 Å². The first kappa shape index (κ1) is 34.6. The number of nitrogen functional groups attached to an aromatic ring is 1. The largest absolute Gasteiger partial charge is 0.469 e. The Morgan fingerprint density at radius 2 is 2.00 bits per heavy atom. The number of aromatic nitrogens is 4. The minimum Gasteiger partial charge on any atom is -0.469 e. The number of methoxy groups -OCH3 is 1. The molecule has 1 saturated heterocycles. The van der Waals surface area contributed by atoms with E-state index in [1.807, 2.05) is 14.1 Å². The average Bonchev–Trinajstić information content (AvgIpc) is 3.62. The van der Waals surface area contributed by atoms with Gasteiger partial charge in [0.15, 0.2) is 23.2 Å². The van der Waals surface area contributed by atoms with Gasteiger partial charge in [0.2, 0.25) is 5.95 Å². The molecule has 3 heterocycles. The van der Waals surface area contributed by atoms with Gasteiger partial charge in [-0.15, -0.1) is 6.42 Å². The number of hydrogen-bond acceptors (Lipinski definition) is 13. The number of imidazole rings is 1. The monoisotopic (exact) mass is 657 g/mol. The summed E-state index contributed by atoms with van der Waals surface area (Å²) < 4.78 is 44.2. The van der Waals surface area contributed by atoms with Crippen LogP contribution in [0.15, 0.2) is 30.6 Å². The first-order chi connectivity index (χ1) is 21.8. The minimum absolute atomic E-state index is 0.0641. The number of rotatable bonds is 14. The van der Waals surface area contributed by atoms with Crippen LogP contribution in [-0.4, -0.2) is 77.5 Å². The van der Waals surface area contributed by atoms with E-state index in [2.05, 4.69) is 26.0 Å². The van der Waals surface area contributed by atoms with E-state index in [0.717, 1.165) is 0 Å². The van der Waals surface area contributed by atoms with Crippen molar-refractivity contribution in [1.82, 2.24) is 24.6 Å². The van der Waals surface area contributed by atoms with Crippen molar-refractivity contribution in [2.24, 2.45) is 5.92 Å². The summed E-state index contributed by atoms with van der Waals surface area (Å²) in [6, 6.07) is 5.72. The maximum absolute atomic E-state index is 14.3. The Bertz CT molecular complexity index is 1640. The van der Waals surface area contributed by atoms with Crippen LogP contribution in [0.1, 0.15) is 45.4 Å². The predicted molar refractivity (Wildman–Crippen MR) is 170 cm³/mol. The molecule has 0 spiro atoms. The van der Waals surface area contributed by atoms with E-state index in [1.54, 1.807) is 53.9 Å². The number of carbonyl (C=O) groups excluding carboxylic acids is 2. The van der Waals surface area contributed by atoms with Crippen molar-refractivity contribution in [3.8, 4) is 18.1 Å². The highest BCUT2D eigenvalue weighted by Gasteiger charge is 2.40. The third kappa shape index (κ3) is 8.32. The van der Waals surface area contributed by atoms with Crippen LogP contribution in [0.2, 0.25) is 0 Å². The molecule has 0 radical (unpaired) electrons. The van der Waals surface area contributed by atoms with Gasteiger partial charge < -0.3 is 29.4 Å². The predicted octanol–water partition coefficient (Wildman–Crippen LogP) is 3.25. The molecule has 0 aliphatic carbocycles. The van der Waals surface area contributed by atoms with Crippen LogP contribution in [0.25, 0.3) is 11.2 Å². The highest BCUT2D eigenvalue weighted by molar-refractivity contribution is 7.52. The van der Waals surface area contributed by atoms with Gasteiger partial charge in [0.1, 0.15) is 11.8 Å². The van der Waals surface area contributed by atoms with Gasteiger partial charge in [-0.25, -0.2) is 9.55 Å². The molecule has 248 valence electrons. The van der Waals surface area contributed by atoms with Crippen LogP contribution in [0.4, 0.5) is 11.8 Å². The summed E-state index contributed by atoms with van der Waals surface area (Å²) in [5.74, 6) is 2.09. The Morgan fingerprint density at radius 1 is 1.26 bits per heavy atom. The van der Waals surface area contributed by atoms with Crippen LogP contribution in [0.5, 0.6) is 5.75 Å². The molecule has 46 heavy (non-hydrogen) atoms. The molecule has 0 bridgehead atoms. The van der Waals surface area contributed by atoms with Crippen LogP contribution in [0, 0.1) is 18.3 Å². The van der Waals surface area contributed by atoms with Crippen molar-refractivity contribution in [3.63, 3.8) is 0 Å². The van der Waals surface area contributed by atoms with E-state index in [0.29, 0.717) is 29.0 Å². The van der Waals surface area contributed by atoms with Crippen molar-refractivity contribution >= 4 is 42.6 Å². The zero-order chi connectivity index (χ0) is 33.6. The SMILES string of the molecule is C#C[C@H]1C[C@@H](COP(=O)(N[C@@H](C)C(=O)OC(C)C)Oc2ccccc2CCC(=O)OC)O[C@H]1n1cnc2c(N(C)C)nc(N)nc21. The Kier molecular flexibility index (Phi) is 11.2. The topological polar surface area (TPSA) is 182 Å². The molecular formula is C30H40N7O8P. The summed E-state index contributed by atoms with van der Waals surface area (Å²) in [6.45, 7) is 4.69. The molecule has 0 saturated carbocycles. The minimum atomic E-state index is -4.26. The standard InChI is InChI=1S/C30H40N7O8P/c1-8-20-15-22(44-28(20)37-17-32-25-26(36(5)6)33-30(31)34-27(25)37)16-42-46(40,35-19(4)29(39)43-18(2)3)45-23-12-10-9-11-21(23)13-14-24(38)41-7/h1,9-12,17-20,22,28H,13-16H2,2-7H3,(H,35,40)(H2,31,33,34)/t19-,20-,22-,28+,46?/m0/s1. The van der Waals surface area contributed by atoms with E-state index in [-0.39, 0.29) is 31.1 Å². The molecule has 0 amide bonds. The number of hydrogen-bond donors (Lipinski definition) is 2. The summed E-state index contributed by atoms with van der Waals surface area (Å²) in [6.07, 6.45) is 6.45. The number of esters is 2. The van der Waals surface area contributed by atoms with Gasteiger partial charge in [-0.3, -0.25) is 18.7 Å². The molecule has 15 nitrogen and oxygen atoms in total. The maximum Gasteiger partial charge on any atom is 0.459 e. The van der Waals surface area contributed by atoms with E-state index in [9.17, 15) is 14.2 Å². The maximum atomic E-state index is 14.3.